The van der Waals surface area contributed by atoms with Crippen LogP contribution in [0.25, 0.3) is 39.6 Å². The molecular formula is C26H26N8O. The Kier molecular flexibility index (Phi) is 5.46. The van der Waals surface area contributed by atoms with Crippen LogP contribution in [0.4, 0.5) is 5.82 Å². The molecular weight excluding hydrogens is 440 g/mol. The molecule has 1 aliphatic heterocycles. The van der Waals surface area contributed by atoms with Gasteiger partial charge < -0.3 is 14.2 Å². The Morgan fingerprint density at radius 1 is 1.00 bits per heavy atom. The number of aryl methyl sites for hydroxylation is 1. The lowest BCUT2D eigenvalue weighted by Crippen LogP contribution is -2.44. The van der Waals surface area contributed by atoms with E-state index in [4.69, 9.17) is 19.7 Å². The van der Waals surface area contributed by atoms with Gasteiger partial charge in [0.2, 0.25) is 0 Å². The predicted octanol–water partition coefficient (Wildman–Crippen LogP) is 3.99. The smallest absolute Gasteiger partial charge is 0.167 e. The van der Waals surface area contributed by atoms with Crippen LogP contribution in [0.5, 0.6) is 0 Å². The SMILES string of the molecule is CCn1c(-c2ccncc2)nc2c(N3CCOCC3C)nc(-c3cnn(-c4ccccc4)c3)nc21. The van der Waals surface area contributed by atoms with Crippen molar-refractivity contribution in [3.8, 4) is 28.5 Å². The zero-order valence-electron chi connectivity index (χ0n) is 19.7. The van der Waals surface area contributed by atoms with E-state index < -0.39 is 0 Å². The molecule has 5 heterocycles. The third kappa shape index (κ3) is 3.83. The van der Waals surface area contributed by atoms with Gasteiger partial charge in [-0.2, -0.15) is 5.10 Å². The first-order valence-corrected chi connectivity index (χ1v) is 11.9. The number of anilines is 1. The summed E-state index contributed by atoms with van der Waals surface area (Å²) in [6, 6.07) is 14.2. The van der Waals surface area contributed by atoms with Crippen molar-refractivity contribution >= 4 is 17.0 Å². The molecule has 5 aromatic rings. The maximum atomic E-state index is 5.70. The standard InChI is InChI=1S/C26H26N8O/c1-3-32-24(19-9-11-27-12-10-19)29-22-25(32)30-23(31-26(22)33-13-14-35-17-18(33)2)20-15-28-34(16-20)21-7-5-4-6-8-21/h4-12,15-16,18H,3,13-14,17H2,1-2H3. The van der Waals surface area contributed by atoms with Gasteiger partial charge in [0.15, 0.2) is 22.8 Å². The number of imidazole rings is 1. The minimum atomic E-state index is 0.179. The lowest BCUT2D eigenvalue weighted by molar-refractivity contribution is 0.0987. The summed E-state index contributed by atoms with van der Waals surface area (Å²) in [4.78, 5) is 21.6. The van der Waals surface area contributed by atoms with Crippen molar-refractivity contribution in [1.82, 2.24) is 34.3 Å². The summed E-state index contributed by atoms with van der Waals surface area (Å²) in [6.45, 7) is 7.05. The normalized spacial score (nSPS) is 16.2. The molecule has 1 aliphatic rings. The third-order valence-electron chi connectivity index (χ3n) is 6.33. The molecule has 1 unspecified atom stereocenters. The molecule has 6 rings (SSSR count). The summed E-state index contributed by atoms with van der Waals surface area (Å²) in [5.41, 5.74) is 4.45. The van der Waals surface area contributed by atoms with E-state index in [9.17, 15) is 0 Å². The molecule has 0 N–H and O–H groups in total. The first kappa shape index (κ1) is 21.4. The van der Waals surface area contributed by atoms with Gasteiger partial charge in [0.05, 0.1) is 36.7 Å². The number of nitrogens with zero attached hydrogens (tertiary/aromatic N) is 8. The zero-order valence-corrected chi connectivity index (χ0v) is 19.7. The number of morpholine rings is 1. The number of fused-ring (bicyclic) bond motifs is 1. The minimum absolute atomic E-state index is 0.179. The van der Waals surface area contributed by atoms with Gasteiger partial charge in [-0.05, 0) is 38.1 Å². The van der Waals surface area contributed by atoms with E-state index in [1.54, 1.807) is 12.4 Å². The molecule has 9 nitrogen and oxygen atoms in total. The van der Waals surface area contributed by atoms with Crippen molar-refractivity contribution in [2.45, 2.75) is 26.4 Å². The van der Waals surface area contributed by atoms with Crippen LogP contribution < -0.4 is 4.90 Å². The molecule has 0 spiro atoms. The van der Waals surface area contributed by atoms with Gasteiger partial charge in [-0.25, -0.2) is 19.6 Å². The van der Waals surface area contributed by atoms with Crippen LogP contribution in [-0.2, 0) is 11.3 Å². The second-order valence-corrected chi connectivity index (χ2v) is 8.59. The van der Waals surface area contributed by atoms with Gasteiger partial charge >= 0.3 is 0 Å². The Hall–Kier alpha value is -4.11. The topological polar surface area (TPSA) is 86.8 Å². The van der Waals surface area contributed by atoms with Gasteiger partial charge in [0.1, 0.15) is 5.82 Å². The van der Waals surface area contributed by atoms with E-state index in [0.29, 0.717) is 19.0 Å². The van der Waals surface area contributed by atoms with Crippen molar-refractivity contribution in [2.75, 3.05) is 24.7 Å². The second kappa shape index (κ2) is 8.92. The fourth-order valence-corrected chi connectivity index (χ4v) is 4.54. The fraction of sp³-hybridized carbons (Fsp3) is 0.269. The number of rotatable bonds is 5. The summed E-state index contributed by atoms with van der Waals surface area (Å²) in [5.74, 6) is 2.32. The number of benzene rings is 1. The van der Waals surface area contributed by atoms with Crippen LogP contribution in [0.2, 0.25) is 0 Å². The summed E-state index contributed by atoms with van der Waals surface area (Å²) in [5, 5.41) is 4.57. The molecule has 1 aromatic carbocycles. The number of pyridine rings is 1. The molecule has 0 saturated carbocycles. The van der Waals surface area contributed by atoms with Crippen LogP contribution in [0.15, 0.2) is 67.3 Å². The van der Waals surface area contributed by atoms with Gasteiger partial charge in [0, 0.05) is 37.2 Å². The fourth-order valence-electron chi connectivity index (χ4n) is 4.54. The van der Waals surface area contributed by atoms with Crippen molar-refractivity contribution in [3.63, 3.8) is 0 Å². The van der Waals surface area contributed by atoms with Crippen molar-refractivity contribution in [2.24, 2.45) is 0 Å². The summed E-state index contributed by atoms with van der Waals surface area (Å²) < 4.78 is 9.69. The lowest BCUT2D eigenvalue weighted by atomic mass is 10.2. The summed E-state index contributed by atoms with van der Waals surface area (Å²) in [6.07, 6.45) is 7.36. The molecule has 9 heteroatoms. The number of ether oxygens (including phenoxy) is 1. The first-order valence-electron chi connectivity index (χ1n) is 11.9. The summed E-state index contributed by atoms with van der Waals surface area (Å²) in [7, 11) is 0. The monoisotopic (exact) mass is 466 g/mol. The maximum absolute atomic E-state index is 5.70. The van der Waals surface area contributed by atoms with E-state index in [0.717, 1.165) is 52.7 Å². The molecule has 35 heavy (non-hydrogen) atoms. The van der Waals surface area contributed by atoms with Crippen molar-refractivity contribution in [3.05, 3.63) is 67.3 Å². The number of aromatic nitrogens is 7. The van der Waals surface area contributed by atoms with Gasteiger partial charge in [-0.15, -0.1) is 0 Å². The average Bonchev–Trinajstić information content (AvgIpc) is 3.55. The van der Waals surface area contributed by atoms with Crippen LogP contribution in [-0.4, -0.2) is 60.1 Å². The van der Waals surface area contributed by atoms with Gasteiger partial charge in [0.25, 0.3) is 0 Å². The van der Waals surface area contributed by atoms with E-state index in [-0.39, 0.29) is 6.04 Å². The van der Waals surface area contributed by atoms with Crippen LogP contribution in [0, 0.1) is 0 Å². The van der Waals surface area contributed by atoms with Crippen LogP contribution >= 0.6 is 0 Å². The molecule has 4 aromatic heterocycles. The molecule has 1 saturated heterocycles. The molecule has 1 fully saturated rings. The van der Waals surface area contributed by atoms with Crippen LogP contribution in [0.1, 0.15) is 13.8 Å². The molecule has 0 bridgehead atoms. The molecule has 0 amide bonds. The van der Waals surface area contributed by atoms with Crippen LogP contribution in [0.3, 0.4) is 0 Å². The van der Waals surface area contributed by atoms with E-state index in [1.165, 1.54) is 0 Å². The van der Waals surface area contributed by atoms with Crippen molar-refractivity contribution < 1.29 is 4.74 Å². The van der Waals surface area contributed by atoms with Gasteiger partial charge in [-0.3, -0.25) is 4.98 Å². The average molecular weight is 467 g/mol. The Bertz CT molecular complexity index is 1460. The van der Waals surface area contributed by atoms with E-state index in [1.807, 2.05) is 59.5 Å². The highest BCUT2D eigenvalue weighted by Gasteiger charge is 2.27. The minimum Gasteiger partial charge on any atom is -0.377 e. The number of para-hydroxylation sites is 1. The second-order valence-electron chi connectivity index (χ2n) is 8.59. The van der Waals surface area contributed by atoms with E-state index >= 15 is 0 Å². The first-order chi connectivity index (χ1) is 17.2. The highest BCUT2D eigenvalue weighted by molar-refractivity contribution is 5.89. The molecule has 176 valence electrons. The highest BCUT2D eigenvalue weighted by Crippen LogP contribution is 2.32. The van der Waals surface area contributed by atoms with Gasteiger partial charge in [-0.1, -0.05) is 18.2 Å². The Morgan fingerprint density at radius 2 is 1.83 bits per heavy atom. The largest absolute Gasteiger partial charge is 0.377 e. The highest BCUT2D eigenvalue weighted by atomic mass is 16.5. The maximum Gasteiger partial charge on any atom is 0.167 e. The Labute approximate surface area is 203 Å². The Morgan fingerprint density at radius 3 is 2.60 bits per heavy atom. The zero-order chi connectivity index (χ0) is 23.8. The Balaban J connectivity index is 1.55. The third-order valence-corrected chi connectivity index (χ3v) is 6.33. The quantitative estimate of drug-likeness (QED) is 0.387. The lowest BCUT2D eigenvalue weighted by Gasteiger charge is -2.34. The molecule has 0 aliphatic carbocycles. The molecule has 0 radical (unpaired) electrons. The molecule has 1 atom stereocenters. The summed E-state index contributed by atoms with van der Waals surface area (Å²) >= 11 is 0. The van der Waals surface area contributed by atoms with Crippen molar-refractivity contribution in [1.29, 1.82) is 0 Å². The number of hydrogen-bond donors (Lipinski definition) is 0. The number of hydrogen-bond acceptors (Lipinski definition) is 7. The van der Waals surface area contributed by atoms with E-state index in [2.05, 4.69) is 33.4 Å². The predicted molar refractivity (Wildman–Crippen MR) is 134 cm³/mol.